The molecule has 0 aliphatic rings. The first kappa shape index (κ1) is 14.1. The maximum absolute atomic E-state index is 11.8. The fourth-order valence-corrected chi connectivity index (χ4v) is 1.80. The van der Waals surface area contributed by atoms with E-state index in [4.69, 9.17) is 4.74 Å². The first-order valence-corrected chi connectivity index (χ1v) is 6.18. The third-order valence-corrected chi connectivity index (χ3v) is 3.11. The van der Waals surface area contributed by atoms with Crippen LogP contribution < -0.4 is 0 Å². The van der Waals surface area contributed by atoms with Crippen LogP contribution >= 0.6 is 0 Å². The molecule has 20 heavy (non-hydrogen) atoms. The van der Waals surface area contributed by atoms with Crippen LogP contribution in [0.4, 0.5) is 0 Å². The van der Waals surface area contributed by atoms with Crippen LogP contribution in [-0.4, -0.2) is 44.3 Å². The molecule has 1 N–H and O–H groups in total. The lowest BCUT2D eigenvalue weighted by atomic mass is 10.1. The second-order valence-corrected chi connectivity index (χ2v) is 4.44. The van der Waals surface area contributed by atoms with E-state index in [1.807, 2.05) is 0 Å². The molecular formula is C13H16N4O3. The number of aliphatic hydroxyl groups excluding tert-OH is 1. The molecule has 106 valence electrons. The average molecular weight is 276 g/mol. The smallest absolute Gasteiger partial charge is 0.360 e. The van der Waals surface area contributed by atoms with Crippen LogP contribution in [0.1, 0.15) is 30.4 Å². The standard InChI is InChI=1S/C13H16N4O3/c1-8(9(2)18)17-12(10-4-6-14-7-5-10)11(15-16-17)13(19)20-3/h4-9,18H,1-3H3. The summed E-state index contributed by atoms with van der Waals surface area (Å²) in [5.41, 5.74) is 1.36. The van der Waals surface area contributed by atoms with E-state index in [9.17, 15) is 9.90 Å². The van der Waals surface area contributed by atoms with Crippen molar-refractivity contribution in [1.29, 1.82) is 0 Å². The molecule has 2 aromatic heterocycles. The van der Waals surface area contributed by atoms with Gasteiger partial charge in [0.15, 0.2) is 5.69 Å². The van der Waals surface area contributed by atoms with Gasteiger partial charge in [-0.1, -0.05) is 5.21 Å². The van der Waals surface area contributed by atoms with Gasteiger partial charge in [-0.2, -0.15) is 0 Å². The number of rotatable bonds is 4. The highest BCUT2D eigenvalue weighted by Gasteiger charge is 2.25. The van der Waals surface area contributed by atoms with Gasteiger partial charge >= 0.3 is 5.97 Å². The number of hydrogen-bond donors (Lipinski definition) is 1. The highest BCUT2D eigenvalue weighted by molar-refractivity contribution is 5.93. The van der Waals surface area contributed by atoms with Crippen LogP contribution in [0, 0.1) is 0 Å². The highest BCUT2D eigenvalue weighted by atomic mass is 16.5. The Morgan fingerprint density at radius 1 is 1.35 bits per heavy atom. The van der Waals surface area contributed by atoms with Gasteiger partial charge < -0.3 is 9.84 Å². The van der Waals surface area contributed by atoms with Crippen molar-refractivity contribution in [3.63, 3.8) is 0 Å². The minimum Gasteiger partial charge on any atom is -0.464 e. The maximum Gasteiger partial charge on any atom is 0.360 e. The van der Waals surface area contributed by atoms with Gasteiger partial charge in [-0.3, -0.25) is 4.98 Å². The summed E-state index contributed by atoms with van der Waals surface area (Å²) in [6, 6.07) is 3.16. The zero-order chi connectivity index (χ0) is 14.7. The summed E-state index contributed by atoms with van der Waals surface area (Å²) >= 11 is 0. The highest BCUT2D eigenvalue weighted by Crippen LogP contribution is 2.26. The van der Waals surface area contributed by atoms with Gasteiger partial charge in [0.25, 0.3) is 0 Å². The molecule has 2 rings (SSSR count). The molecule has 7 nitrogen and oxygen atoms in total. The number of carbonyl (C=O) groups is 1. The van der Waals surface area contributed by atoms with E-state index in [0.717, 1.165) is 5.56 Å². The summed E-state index contributed by atoms with van der Waals surface area (Å²) in [7, 11) is 1.29. The first-order valence-electron chi connectivity index (χ1n) is 6.18. The molecule has 0 radical (unpaired) electrons. The third-order valence-electron chi connectivity index (χ3n) is 3.11. The molecule has 7 heteroatoms. The average Bonchev–Trinajstić information content (AvgIpc) is 2.91. The molecule has 2 heterocycles. The number of nitrogens with zero attached hydrogens (tertiary/aromatic N) is 4. The van der Waals surface area contributed by atoms with E-state index in [1.54, 1.807) is 38.4 Å². The second-order valence-electron chi connectivity index (χ2n) is 4.44. The summed E-state index contributed by atoms with van der Waals surface area (Å²) in [4.78, 5) is 15.7. The number of aromatic nitrogens is 4. The third kappa shape index (κ3) is 2.53. The van der Waals surface area contributed by atoms with E-state index in [-0.39, 0.29) is 11.7 Å². The Kier molecular flexibility index (Phi) is 4.09. The van der Waals surface area contributed by atoms with Gasteiger partial charge in [0.1, 0.15) is 5.69 Å². The fourth-order valence-electron chi connectivity index (χ4n) is 1.80. The molecule has 0 amide bonds. The van der Waals surface area contributed by atoms with Crippen molar-refractivity contribution in [3.8, 4) is 11.3 Å². The van der Waals surface area contributed by atoms with Crippen molar-refractivity contribution >= 4 is 5.97 Å². The van der Waals surface area contributed by atoms with Gasteiger partial charge in [-0.25, -0.2) is 9.48 Å². The molecule has 0 aliphatic heterocycles. The van der Waals surface area contributed by atoms with Gasteiger partial charge in [0.05, 0.1) is 19.3 Å². The molecule has 2 aromatic rings. The second kappa shape index (κ2) is 5.79. The Hall–Kier alpha value is -2.28. The van der Waals surface area contributed by atoms with E-state index in [2.05, 4.69) is 15.3 Å². The Morgan fingerprint density at radius 2 is 2.00 bits per heavy atom. The number of ether oxygens (including phenoxy) is 1. The predicted molar refractivity (Wildman–Crippen MR) is 71.0 cm³/mol. The Balaban J connectivity index is 2.60. The Morgan fingerprint density at radius 3 is 2.55 bits per heavy atom. The van der Waals surface area contributed by atoms with Gasteiger partial charge in [0, 0.05) is 18.0 Å². The molecular weight excluding hydrogens is 260 g/mol. The summed E-state index contributed by atoms with van der Waals surface area (Å²) < 4.78 is 6.24. The molecule has 0 saturated heterocycles. The van der Waals surface area contributed by atoms with Gasteiger partial charge in [-0.05, 0) is 26.0 Å². The number of pyridine rings is 1. The zero-order valence-corrected chi connectivity index (χ0v) is 11.5. The van der Waals surface area contributed by atoms with Crippen LogP contribution in [0.3, 0.4) is 0 Å². The van der Waals surface area contributed by atoms with E-state index >= 15 is 0 Å². The molecule has 0 bridgehead atoms. The lowest BCUT2D eigenvalue weighted by molar-refractivity contribution is 0.0594. The Labute approximate surface area is 116 Å². The maximum atomic E-state index is 11.8. The van der Waals surface area contributed by atoms with Crippen LogP contribution in [0.15, 0.2) is 24.5 Å². The lowest BCUT2D eigenvalue weighted by Crippen LogP contribution is -2.20. The number of aliphatic hydroxyl groups is 1. The fraction of sp³-hybridized carbons (Fsp3) is 0.385. The molecule has 0 aromatic carbocycles. The zero-order valence-electron chi connectivity index (χ0n) is 11.5. The molecule has 0 fully saturated rings. The minimum absolute atomic E-state index is 0.117. The van der Waals surface area contributed by atoms with Crippen molar-refractivity contribution in [1.82, 2.24) is 20.0 Å². The normalized spacial score (nSPS) is 13.8. The number of esters is 1. The lowest BCUT2D eigenvalue weighted by Gasteiger charge is -2.17. The van der Waals surface area contributed by atoms with Crippen molar-refractivity contribution in [2.24, 2.45) is 0 Å². The summed E-state index contributed by atoms with van der Waals surface area (Å²) in [6.45, 7) is 3.45. The van der Waals surface area contributed by atoms with Crippen molar-refractivity contribution < 1.29 is 14.6 Å². The number of methoxy groups -OCH3 is 1. The van der Waals surface area contributed by atoms with Crippen LogP contribution in [0.2, 0.25) is 0 Å². The van der Waals surface area contributed by atoms with Crippen molar-refractivity contribution in [3.05, 3.63) is 30.2 Å². The monoisotopic (exact) mass is 276 g/mol. The number of carbonyl (C=O) groups excluding carboxylic acids is 1. The van der Waals surface area contributed by atoms with E-state index in [1.165, 1.54) is 11.8 Å². The Bertz CT molecular complexity index is 595. The van der Waals surface area contributed by atoms with Gasteiger partial charge in [0.2, 0.25) is 0 Å². The van der Waals surface area contributed by atoms with E-state index in [0.29, 0.717) is 5.69 Å². The molecule has 2 atom stereocenters. The largest absolute Gasteiger partial charge is 0.464 e. The molecule has 0 aliphatic carbocycles. The van der Waals surface area contributed by atoms with E-state index < -0.39 is 12.1 Å². The predicted octanol–water partition coefficient (Wildman–Crippen LogP) is 1.07. The van der Waals surface area contributed by atoms with Crippen molar-refractivity contribution in [2.45, 2.75) is 26.0 Å². The summed E-state index contributed by atoms with van der Waals surface area (Å²) in [6.07, 6.45) is 2.59. The summed E-state index contributed by atoms with van der Waals surface area (Å²) in [5.74, 6) is -0.569. The van der Waals surface area contributed by atoms with Crippen LogP contribution in [-0.2, 0) is 4.74 Å². The first-order chi connectivity index (χ1) is 9.56. The molecule has 0 saturated carbocycles. The van der Waals surface area contributed by atoms with Crippen LogP contribution in [0.5, 0.6) is 0 Å². The van der Waals surface area contributed by atoms with Crippen LogP contribution in [0.25, 0.3) is 11.3 Å². The molecule has 0 spiro atoms. The summed E-state index contributed by atoms with van der Waals surface area (Å²) in [5, 5.41) is 17.6. The number of hydrogen-bond acceptors (Lipinski definition) is 6. The minimum atomic E-state index is -0.636. The van der Waals surface area contributed by atoms with Gasteiger partial charge in [-0.15, -0.1) is 5.10 Å². The molecule has 2 unspecified atom stereocenters. The van der Waals surface area contributed by atoms with Crippen molar-refractivity contribution in [2.75, 3.05) is 7.11 Å². The SMILES string of the molecule is COC(=O)c1nnn(C(C)C(C)O)c1-c1ccncc1. The quantitative estimate of drug-likeness (QED) is 0.840. The topological polar surface area (TPSA) is 90.1 Å².